The topological polar surface area (TPSA) is 217 Å². The predicted molar refractivity (Wildman–Crippen MR) is 348 cm³/mol. The van der Waals surface area contributed by atoms with Crippen LogP contribution in [-0.4, -0.2) is 98.5 Å². The van der Waals surface area contributed by atoms with E-state index in [1.54, 1.807) is 72.8 Å². The Morgan fingerprint density at radius 3 is 1.10 bits per heavy atom. The van der Waals surface area contributed by atoms with Crippen molar-refractivity contribution in [2.45, 2.75) is 188 Å². The van der Waals surface area contributed by atoms with E-state index >= 15 is 0 Å². The summed E-state index contributed by atoms with van der Waals surface area (Å²) in [6, 6.07) is 25.0. The van der Waals surface area contributed by atoms with Gasteiger partial charge in [0.25, 0.3) is 11.8 Å². The molecular formula is C72H84N2O16S2. The van der Waals surface area contributed by atoms with Crippen molar-refractivity contribution in [1.29, 1.82) is 0 Å². The van der Waals surface area contributed by atoms with E-state index in [1.165, 1.54) is 22.2 Å². The minimum Gasteiger partial charge on any atom is -0.463 e. The van der Waals surface area contributed by atoms with Gasteiger partial charge in [-0.2, -0.15) is 0 Å². The van der Waals surface area contributed by atoms with Crippen LogP contribution < -0.4 is 19.5 Å². The van der Waals surface area contributed by atoms with Crippen LogP contribution in [0, 0.1) is 23.7 Å². The molecule has 0 unspecified atom stereocenters. The normalized spacial score (nSPS) is 23.1. The van der Waals surface area contributed by atoms with Gasteiger partial charge in [-0.25, -0.2) is 19.6 Å². The Morgan fingerprint density at radius 1 is 0.413 bits per heavy atom. The van der Waals surface area contributed by atoms with E-state index in [0.29, 0.717) is 114 Å². The summed E-state index contributed by atoms with van der Waals surface area (Å²) < 4.78 is 47.9. The van der Waals surface area contributed by atoms with Gasteiger partial charge in [0.1, 0.15) is 17.8 Å². The standard InChI is InChI=1S/C72H84N2O16S2/c1-3-59(75)85-45-19-7-5-17-43-83-53-35-39-55(40-36-53)87-68(79)47-27-31-49(32-28-47)70(81)89-62-57-25-15-16-26-58(57)63(65-64(62)91-72(92-65)61-66(77)73(51-21-11-9-12-22-51)74(67(61)78)52-23-13-10-14-24-52)90-71(82)50-33-29-48(30-34-50)69(80)88-56-41-37-54(38-42-56)84-44-18-6-8-20-46-86-60(76)4-2/h3-4,9-16,21-26,47-50,53-56H,1-2,5-8,17-20,27-46H2. The zero-order valence-corrected chi connectivity index (χ0v) is 53.9. The molecule has 20 heteroatoms. The molecule has 0 bridgehead atoms. The zero-order chi connectivity index (χ0) is 64.3. The highest BCUT2D eigenvalue weighted by atomic mass is 32.2. The number of para-hydroxylation sites is 2. The summed E-state index contributed by atoms with van der Waals surface area (Å²) in [6.07, 6.45) is 19.0. The van der Waals surface area contributed by atoms with Crippen LogP contribution in [0.4, 0.5) is 11.4 Å². The minimum absolute atomic E-state index is 0.101. The van der Waals surface area contributed by atoms with Gasteiger partial charge in [-0.1, -0.05) is 110 Å². The average Bonchev–Trinajstić information content (AvgIpc) is 1.56. The number of nitrogens with zero attached hydrogens (tertiary/aromatic N) is 2. The molecule has 0 aromatic heterocycles. The Kier molecular flexibility index (Phi) is 24.7. The first-order valence-corrected chi connectivity index (χ1v) is 34.6. The zero-order valence-electron chi connectivity index (χ0n) is 52.3. The summed E-state index contributed by atoms with van der Waals surface area (Å²) in [5, 5.41) is 3.69. The van der Waals surface area contributed by atoms with Crippen molar-refractivity contribution < 1.29 is 76.3 Å². The van der Waals surface area contributed by atoms with Crippen LogP contribution in [0.3, 0.4) is 0 Å². The number of fused-ring (bicyclic) bond motifs is 2. The molecule has 4 aromatic carbocycles. The molecule has 0 atom stereocenters. The summed E-state index contributed by atoms with van der Waals surface area (Å²) in [7, 11) is 0. The number of rotatable bonds is 28. The number of hydrogen-bond donors (Lipinski definition) is 0. The Morgan fingerprint density at radius 2 is 0.739 bits per heavy atom. The summed E-state index contributed by atoms with van der Waals surface area (Å²) in [5.41, 5.74) is 0.851. The highest BCUT2D eigenvalue weighted by molar-refractivity contribution is 8.25. The third-order valence-electron chi connectivity index (χ3n) is 18.3. The molecule has 6 aliphatic rings. The maximum atomic E-state index is 14.9. The first-order chi connectivity index (χ1) is 44.9. The molecule has 2 aliphatic heterocycles. The van der Waals surface area contributed by atoms with Crippen LogP contribution in [0.15, 0.2) is 130 Å². The van der Waals surface area contributed by atoms with Gasteiger partial charge in [-0.05, 0) is 166 Å². The van der Waals surface area contributed by atoms with Crippen molar-refractivity contribution in [3.8, 4) is 11.5 Å². The molecule has 0 radical (unpaired) electrons. The lowest BCUT2D eigenvalue weighted by molar-refractivity contribution is -0.160. The van der Waals surface area contributed by atoms with Gasteiger partial charge in [0.15, 0.2) is 11.5 Å². The Hall–Kier alpha value is -7.26. The van der Waals surface area contributed by atoms with Crippen LogP contribution in [0.2, 0.25) is 0 Å². The van der Waals surface area contributed by atoms with E-state index in [2.05, 4.69) is 13.2 Å². The van der Waals surface area contributed by atoms with E-state index in [0.717, 1.165) is 126 Å². The molecule has 18 nitrogen and oxygen atoms in total. The van der Waals surface area contributed by atoms with Crippen molar-refractivity contribution in [3.05, 3.63) is 120 Å². The number of esters is 6. The average molecular weight is 1300 g/mol. The van der Waals surface area contributed by atoms with Crippen LogP contribution in [0.1, 0.15) is 154 Å². The van der Waals surface area contributed by atoms with Crippen LogP contribution in [-0.2, 0) is 66.8 Å². The van der Waals surface area contributed by atoms with Crippen LogP contribution in [0.25, 0.3) is 10.8 Å². The summed E-state index contributed by atoms with van der Waals surface area (Å²) in [6.45, 7) is 8.91. The fraction of sp³-hybridized carbons (Fsp3) is 0.500. The molecule has 2 amide bonds. The summed E-state index contributed by atoms with van der Waals surface area (Å²) >= 11 is 2.24. The number of hydrogen-bond acceptors (Lipinski definition) is 18. The third kappa shape index (κ3) is 17.5. The number of benzene rings is 4. The van der Waals surface area contributed by atoms with Crippen molar-refractivity contribution in [3.63, 3.8) is 0 Å². The van der Waals surface area contributed by atoms with Gasteiger partial charge in [0, 0.05) is 36.1 Å². The molecule has 4 aliphatic carbocycles. The monoisotopic (exact) mass is 1300 g/mol. The molecule has 490 valence electrons. The van der Waals surface area contributed by atoms with Gasteiger partial charge >= 0.3 is 35.8 Å². The van der Waals surface area contributed by atoms with E-state index in [9.17, 15) is 38.4 Å². The van der Waals surface area contributed by atoms with Crippen LogP contribution >= 0.6 is 23.5 Å². The molecule has 92 heavy (non-hydrogen) atoms. The van der Waals surface area contributed by atoms with Crippen molar-refractivity contribution in [2.24, 2.45) is 23.7 Å². The van der Waals surface area contributed by atoms with Crippen molar-refractivity contribution >= 4 is 93.3 Å². The van der Waals surface area contributed by atoms with Gasteiger partial charge in [0.2, 0.25) is 0 Å². The first kappa shape index (κ1) is 67.6. The SMILES string of the molecule is C=CC(=O)OCCCCCCOC1CCC(OC(=O)C2CCC(C(=O)Oc3c4c(c(OC(=O)C5CCC(C(=O)OC6CCC(OCCCCCCOC(=O)C=C)CC6)CC5)c5ccccc35)SC(=C3C(=O)N(c5ccccc5)N(c5ccccc5)C3=O)S4)CC2)CC1. The Labute approximate surface area is 546 Å². The second-order valence-electron chi connectivity index (χ2n) is 24.6. The summed E-state index contributed by atoms with van der Waals surface area (Å²) in [4.78, 5) is 109. The number of hydrazine groups is 1. The Balaban J connectivity index is 0.774. The number of ether oxygens (including phenoxy) is 8. The third-order valence-corrected chi connectivity index (χ3v) is 20.8. The largest absolute Gasteiger partial charge is 0.463 e. The second-order valence-corrected chi connectivity index (χ2v) is 26.9. The maximum absolute atomic E-state index is 14.9. The molecule has 1 saturated heterocycles. The molecule has 10 rings (SSSR count). The van der Waals surface area contributed by atoms with Crippen molar-refractivity contribution in [1.82, 2.24) is 0 Å². The minimum atomic E-state index is -0.563. The second kappa shape index (κ2) is 33.5. The lowest BCUT2D eigenvalue weighted by Gasteiger charge is -2.31. The highest BCUT2D eigenvalue weighted by Crippen LogP contribution is 2.62. The first-order valence-electron chi connectivity index (χ1n) is 33.0. The smallest absolute Gasteiger partial charge is 0.330 e. The molecular weight excluding hydrogens is 1210 g/mol. The van der Waals surface area contributed by atoms with Gasteiger partial charge in [-0.15, -0.1) is 0 Å². The fourth-order valence-electron chi connectivity index (χ4n) is 13.0. The molecule has 2 heterocycles. The number of unbranched alkanes of at least 4 members (excludes halogenated alkanes) is 6. The molecule has 4 saturated carbocycles. The number of amides is 2. The molecule has 0 N–H and O–H groups in total. The number of carbonyl (C=O) groups is 8. The maximum Gasteiger partial charge on any atom is 0.330 e. The fourth-order valence-corrected chi connectivity index (χ4v) is 15.7. The Bertz CT molecular complexity index is 3090. The van der Waals surface area contributed by atoms with E-state index in [1.807, 2.05) is 12.1 Å². The lowest BCUT2D eigenvalue weighted by Crippen LogP contribution is -2.41. The van der Waals surface area contributed by atoms with E-state index in [4.69, 9.17) is 37.9 Å². The molecule has 0 spiro atoms. The van der Waals surface area contributed by atoms with Gasteiger partial charge in [0.05, 0.1) is 74.5 Å². The van der Waals surface area contributed by atoms with Gasteiger partial charge < -0.3 is 37.9 Å². The van der Waals surface area contributed by atoms with Crippen LogP contribution in [0.5, 0.6) is 11.5 Å². The van der Waals surface area contributed by atoms with Gasteiger partial charge in [-0.3, -0.25) is 28.8 Å². The number of thioether (sulfide) groups is 2. The van der Waals surface area contributed by atoms with E-state index < -0.39 is 47.5 Å². The summed E-state index contributed by atoms with van der Waals surface area (Å²) in [5.74, 6) is -4.75. The van der Waals surface area contributed by atoms with E-state index in [-0.39, 0.29) is 65.3 Å². The lowest BCUT2D eigenvalue weighted by atomic mass is 9.82. The quantitative estimate of drug-likeness (QED) is 0.0129. The number of anilines is 2. The predicted octanol–water partition coefficient (Wildman–Crippen LogP) is 14.0. The molecule has 4 aromatic rings. The number of carbonyl (C=O) groups excluding carboxylic acids is 8. The highest BCUT2D eigenvalue weighted by Gasteiger charge is 2.48. The van der Waals surface area contributed by atoms with Crippen molar-refractivity contribution in [2.75, 3.05) is 36.4 Å². The molecule has 5 fully saturated rings.